The van der Waals surface area contributed by atoms with Gasteiger partial charge in [0.2, 0.25) is 5.91 Å². The van der Waals surface area contributed by atoms with Gasteiger partial charge in [0.25, 0.3) is 0 Å². The minimum absolute atomic E-state index is 0.0276. The largest absolute Gasteiger partial charge is 0.325 e. The van der Waals surface area contributed by atoms with E-state index in [-0.39, 0.29) is 16.9 Å². The minimum Gasteiger partial charge on any atom is -0.325 e. The predicted octanol–water partition coefficient (Wildman–Crippen LogP) is 3.01. The van der Waals surface area contributed by atoms with Crippen LogP contribution in [0.5, 0.6) is 0 Å². The third-order valence-electron chi connectivity index (χ3n) is 4.00. The first-order valence-corrected chi connectivity index (χ1v) is 8.81. The van der Waals surface area contributed by atoms with Gasteiger partial charge >= 0.3 is 0 Å². The van der Waals surface area contributed by atoms with Crippen molar-refractivity contribution in [3.63, 3.8) is 0 Å². The van der Waals surface area contributed by atoms with Gasteiger partial charge in [-0.3, -0.25) is 9.59 Å². The van der Waals surface area contributed by atoms with Crippen molar-refractivity contribution in [2.24, 2.45) is 7.05 Å². The number of Topliss-reactive ketones (excluding diaryl/α,β-unsaturated/α-hetero) is 1. The van der Waals surface area contributed by atoms with E-state index in [9.17, 15) is 9.59 Å². The van der Waals surface area contributed by atoms with Crippen molar-refractivity contribution in [1.29, 1.82) is 0 Å². The monoisotopic (exact) mass is 344 g/mol. The van der Waals surface area contributed by atoms with Gasteiger partial charge in [0.15, 0.2) is 10.9 Å². The smallest absolute Gasteiger partial charge is 0.237 e. The van der Waals surface area contributed by atoms with Crippen LogP contribution in [0.4, 0.5) is 5.69 Å². The molecule has 1 heterocycles. The first kappa shape index (κ1) is 16.7. The summed E-state index contributed by atoms with van der Waals surface area (Å²) in [6, 6.07) is 6.95. The van der Waals surface area contributed by atoms with E-state index in [1.807, 2.05) is 18.5 Å². The number of benzene rings is 1. The summed E-state index contributed by atoms with van der Waals surface area (Å²) in [5.74, 6) is 1.37. The SMILES string of the molecule is CC(=O)c1cccc(NC(=O)[C@H](C)Sc2nnc(C3CC3)n2C)c1. The highest BCUT2D eigenvalue weighted by atomic mass is 32.2. The summed E-state index contributed by atoms with van der Waals surface area (Å²) in [5.41, 5.74) is 1.20. The zero-order valence-electron chi connectivity index (χ0n) is 13.9. The molecule has 24 heavy (non-hydrogen) atoms. The molecule has 1 aliphatic rings. The lowest BCUT2D eigenvalue weighted by atomic mass is 10.1. The first-order valence-electron chi connectivity index (χ1n) is 7.93. The van der Waals surface area contributed by atoms with Gasteiger partial charge < -0.3 is 9.88 Å². The lowest BCUT2D eigenvalue weighted by Gasteiger charge is -2.12. The van der Waals surface area contributed by atoms with Crippen LogP contribution in [0, 0.1) is 0 Å². The highest BCUT2D eigenvalue weighted by molar-refractivity contribution is 8.00. The van der Waals surface area contributed by atoms with Crippen molar-refractivity contribution in [1.82, 2.24) is 14.8 Å². The summed E-state index contributed by atoms with van der Waals surface area (Å²) in [6.45, 7) is 3.34. The number of nitrogens with one attached hydrogen (secondary N) is 1. The molecule has 126 valence electrons. The van der Waals surface area contributed by atoms with E-state index >= 15 is 0 Å². The Hall–Kier alpha value is -2.15. The number of amides is 1. The number of aromatic nitrogens is 3. The third kappa shape index (κ3) is 3.67. The fourth-order valence-corrected chi connectivity index (χ4v) is 3.22. The summed E-state index contributed by atoms with van der Waals surface area (Å²) in [5, 5.41) is 11.7. The van der Waals surface area contributed by atoms with Gasteiger partial charge in [-0.1, -0.05) is 23.9 Å². The number of carbonyl (C=O) groups is 2. The topological polar surface area (TPSA) is 76.9 Å². The van der Waals surface area contributed by atoms with E-state index in [1.54, 1.807) is 24.3 Å². The van der Waals surface area contributed by atoms with E-state index in [4.69, 9.17) is 0 Å². The van der Waals surface area contributed by atoms with Crippen LogP contribution >= 0.6 is 11.8 Å². The molecule has 6 nitrogen and oxygen atoms in total. The fraction of sp³-hybridized carbons (Fsp3) is 0.412. The summed E-state index contributed by atoms with van der Waals surface area (Å²) >= 11 is 1.38. The Labute approximate surface area is 145 Å². The summed E-state index contributed by atoms with van der Waals surface area (Å²) < 4.78 is 1.97. The predicted molar refractivity (Wildman–Crippen MR) is 93.4 cm³/mol. The number of hydrogen-bond donors (Lipinski definition) is 1. The number of thioether (sulfide) groups is 1. The average molecular weight is 344 g/mol. The third-order valence-corrected chi connectivity index (χ3v) is 5.13. The number of hydrogen-bond acceptors (Lipinski definition) is 5. The number of rotatable bonds is 6. The standard InChI is InChI=1S/C17H20N4O2S/c1-10(22)13-5-4-6-14(9-13)18-16(23)11(2)24-17-20-19-15(21(17)3)12-7-8-12/h4-6,9,11-12H,7-8H2,1-3H3,(H,18,23)/t11-/m0/s1. The zero-order chi connectivity index (χ0) is 17.3. The Morgan fingerprint density at radius 2 is 2.08 bits per heavy atom. The molecule has 1 aromatic carbocycles. The van der Waals surface area contributed by atoms with Crippen LogP contribution in [0.25, 0.3) is 0 Å². The number of carbonyl (C=O) groups excluding carboxylic acids is 2. The van der Waals surface area contributed by atoms with Crippen molar-refractivity contribution in [3.8, 4) is 0 Å². The Morgan fingerprint density at radius 3 is 2.75 bits per heavy atom. The number of anilines is 1. The van der Waals surface area contributed by atoms with E-state index in [2.05, 4.69) is 15.5 Å². The van der Waals surface area contributed by atoms with E-state index < -0.39 is 0 Å². The van der Waals surface area contributed by atoms with Gasteiger partial charge in [-0.15, -0.1) is 10.2 Å². The zero-order valence-corrected chi connectivity index (χ0v) is 14.8. The second-order valence-electron chi connectivity index (χ2n) is 6.06. The first-order chi connectivity index (χ1) is 11.5. The molecule has 0 aliphatic heterocycles. The van der Waals surface area contributed by atoms with Gasteiger partial charge in [-0.2, -0.15) is 0 Å². The van der Waals surface area contributed by atoms with E-state index in [0.717, 1.165) is 11.0 Å². The Bertz CT molecular complexity index is 783. The molecule has 2 aromatic rings. The summed E-state index contributed by atoms with van der Waals surface area (Å²) in [7, 11) is 1.94. The molecular weight excluding hydrogens is 324 g/mol. The van der Waals surface area contributed by atoms with Crippen molar-refractivity contribution in [3.05, 3.63) is 35.7 Å². The molecular formula is C17H20N4O2S. The average Bonchev–Trinajstić information content (AvgIpc) is 3.33. The quantitative estimate of drug-likeness (QED) is 0.644. The molecule has 0 saturated heterocycles. The normalized spacial score (nSPS) is 15.1. The van der Waals surface area contributed by atoms with Gasteiger partial charge in [0, 0.05) is 24.2 Å². The van der Waals surface area contributed by atoms with Crippen molar-refractivity contribution in [2.45, 2.75) is 43.0 Å². The van der Waals surface area contributed by atoms with Crippen LogP contribution < -0.4 is 5.32 Å². The molecule has 0 unspecified atom stereocenters. The molecule has 1 fully saturated rings. The van der Waals surface area contributed by atoms with Crippen LogP contribution in [-0.4, -0.2) is 31.7 Å². The van der Waals surface area contributed by atoms with Crippen LogP contribution in [0.15, 0.2) is 29.4 Å². The summed E-state index contributed by atoms with van der Waals surface area (Å²) in [4.78, 5) is 23.8. The number of ketones is 1. The van der Waals surface area contributed by atoms with Crippen molar-refractivity contribution in [2.75, 3.05) is 5.32 Å². The number of nitrogens with zero attached hydrogens (tertiary/aromatic N) is 3. The molecule has 1 amide bonds. The Balaban J connectivity index is 1.64. The lowest BCUT2D eigenvalue weighted by Crippen LogP contribution is -2.23. The molecule has 1 aliphatic carbocycles. The van der Waals surface area contributed by atoms with Gasteiger partial charge in [0.1, 0.15) is 5.82 Å². The molecule has 0 bridgehead atoms. The molecule has 1 atom stereocenters. The van der Waals surface area contributed by atoms with E-state index in [0.29, 0.717) is 17.2 Å². The summed E-state index contributed by atoms with van der Waals surface area (Å²) in [6.07, 6.45) is 2.33. The van der Waals surface area contributed by atoms with Crippen LogP contribution in [0.1, 0.15) is 48.8 Å². The van der Waals surface area contributed by atoms with E-state index in [1.165, 1.54) is 31.5 Å². The maximum absolute atomic E-state index is 12.4. The van der Waals surface area contributed by atoms with Crippen molar-refractivity contribution >= 4 is 29.1 Å². The highest BCUT2D eigenvalue weighted by Gasteiger charge is 2.30. The maximum atomic E-state index is 12.4. The lowest BCUT2D eigenvalue weighted by molar-refractivity contribution is -0.115. The Morgan fingerprint density at radius 1 is 1.33 bits per heavy atom. The molecule has 0 radical (unpaired) electrons. The highest BCUT2D eigenvalue weighted by Crippen LogP contribution is 2.39. The maximum Gasteiger partial charge on any atom is 0.237 e. The van der Waals surface area contributed by atoms with Gasteiger partial charge in [0.05, 0.1) is 5.25 Å². The van der Waals surface area contributed by atoms with Crippen LogP contribution in [0.2, 0.25) is 0 Å². The van der Waals surface area contributed by atoms with Crippen LogP contribution in [-0.2, 0) is 11.8 Å². The van der Waals surface area contributed by atoms with Gasteiger partial charge in [-0.25, -0.2) is 0 Å². The van der Waals surface area contributed by atoms with Crippen LogP contribution in [0.3, 0.4) is 0 Å². The minimum atomic E-state index is -0.319. The van der Waals surface area contributed by atoms with Gasteiger partial charge in [-0.05, 0) is 38.8 Å². The second kappa shape index (κ2) is 6.76. The second-order valence-corrected chi connectivity index (χ2v) is 7.37. The molecule has 1 N–H and O–H groups in total. The molecule has 1 aromatic heterocycles. The molecule has 1 saturated carbocycles. The molecule has 3 rings (SSSR count). The fourth-order valence-electron chi connectivity index (χ4n) is 2.40. The molecule has 7 heteroatoms. The van der Waals surface area contributed by atoms with Crippen molar-refractivity contribution < 1.29 is 9.59 Å². The molecule has 0 spiro atoms. The Kier molecular flexibility index (Phi) is 4.71.